The maximum Gasteiger partial charge on any atom is 0.309 e. The third-order valence-electron chi connectivity index (χ3n) is 9.82. The summed E-state index contributed by atoms with van der Waals surface area (Å²) in [5.74, 6) is 0.947. The van der Waals surface area contributed by atoms with Crippen LogP contribution >= 0.6 is 0 Å². The van der Waals surface area contributed by atoms with Crippen molar-refractivity contribution in [2.45, 2.75) is 78.2 Å². The Balaban J connectivity index is 1.51. The van der Waals surface area contributed by atoms with Crippen LogP contribution in [0.1, 0.15) is 72.6 Å². The number of ether oxygens (including phenoxy) is 1. The van der Waals surface area contributed by atoms with Crippen molar-refractivity contribution in [2.24, 2.45) is 34.5 Å². The van der Waals surface area contributed by atoms with Crippen molar-refractivity contribution in [3.63, 3.8) is 0 Å². The smallest absolute Gasteiger partial charge is 0.309 e. The molecule has 4 heteroatoms. The molecule has 3 fully saturated rings. The molecule has 0 radical (unpaired) electrons. The second kappa shape index (κ2) is 6.76. The largest absolute Gasteiger partial charge is 0.450 e. The van der Waals surface area contributed by atoms with Gasteiger partial charge in [0.15, 0.2) is 17.2 Å². The summed E-state index contributed by atoms with van der Waals surface area (Å²) in [6, 6.07) is 0. The molecule has 0 heterocycles. The van der Waals surface area contributed by atoms with Gasteiger partial charge < -0.3 is 4.74 Å². The van der Waals surface area contributed by atoms with Gasteiger partial charge in [0.1, 0.15) is 0 Å². The van der Waals surface area contributed by atoms with Crippen LogP contribution in [-0.2, 0) is 19.1 Å². The van der Waals surface area contributed by atoms with E-state index in [4.69, 9.17) is 4.74 Å². The topological polar surface area (TPSA) is 60.4 Å². The van der Waals surface area contributed by atoms with E-state index in [1.54, 1.807) is 6.92 Å². The lowest BCUT2D eigenvalue weighted by molar-refractivity contribution is -0.192. The van der Waals surface area contributed by atoms with E-state index in [0.717, 1.165) is 49.7 Å². The first-order valence-corrected chi connectivity index (χ1v) is 12.0. The minimum atomic E-state index is -0.992. The monoisotopic (exact) mass is 422 g/mol. The van der Waals surface area contributed by atoms with Crippen LogP contribution in [0, 0.1) is 34.5 Å². The summed E-state index contributed by atoms with van der Waals surface area (Å²) in [6.45, 7) is 7.99. The van der Waals surface area contributed by atoms with E-state index in [9.17, 15) is 14.4 Å². The highest BCUT2D eigenvalue weighted by molar-refractivity contribution is 6.05. The quantitative estimate of drug-likeness (QED) is 0.592. The highest BCUT2D eigenvalue weighted by atomic mass is 16.6. The lowest BCUT2D eigenvalue weighted by atomic mass is 9.48. The molecular formula is C27H34O4. The molecule has 0 saturated heterocycles. The zero-order chi connectivity index (χ0) is 22.2. The molecule has 5 aliphatic carbocycles. The molecule has 5 rings (SSSR count). The molecule has 0 amide bonds. The van der Waals surface area contributed by atoms with Crippen molar-refractivity contribution in [2.75, 3.05) is 0 Å². The number of fused-ring (bicyclic) bond motifs is 5. The Bertz CT molecular complexity index is 950. The summed E-state index contributed by atoms with van der Waals surface area (Å²) >= 11 is 0. The number of allylic oxidation sites excluding steroid dienone is 6. The molecule has 4 nitrogen and oxygen atoms in total. The average Bonchev–Trinajstić information content (AvgIpc) is 2.95. The van der Waals surface area contributed by atoms with E-state index in [-0.39, 0.29) is 34.3 Å². The van der Waals surface area contributed by atoms with Gasteiger partial charge in [0, 0.05) is 10.8 Å². The number of hydrogen-bond donors (Lipinski definition) is 0. The maximum atomic E-state index is 13.1. The molecule has 0 aromatic carbocycles. The molecule has 0 aromatic heterocycles. The first-order chi connectivity index (χ1) is 14.6. The Hall–Kier alpha value is -1.97. The second-order valence-corrected chi connectivity index (χ2v) is 11.2. The predicted octanol–water partition coefficient (Wildman–Crippen LogP) is 5.13. The van der Waals surface area contributed by atoms with Crippen LogP contribution in [0.4, 0.5) is 0 Å². The molecule has 0 bridgehead atoms. The minimum absolute atomic E-state index is 0.00853. The molecule has 0 unspecified atom stereocenters. The molecule has 0 spiro atoms. The van der Waals surface area contributed by atoms with E-state index >= 15 is 0 Å². The number of carbonyl (C=O) groups excluding carboxylic acids is 3. The Labute approximate surface area is 185 Å². The van der Waals surface area contributed by atoms with Gasteiger partial charge in [-0.25, -0.2) is 0 Å². The third-order valence-corrected chi connectivity index (χ3v) is 9.82. The first-order valence-electron chi connectivity index (χ1n) is 12.0. The summed E-state index contributed by atoms with van der Waals surface area (Å²) in [4.78, 5) is 38.2. The maximum absolute atomic E-state index is 13.1. The van der Waals surface area contributed by atoms with Gasteiger partial charge in [-0.05, 0) is 87.3 Å². The zero-order valence-electron chi connectivity index (χ0n) is 19.2. The van der Waals surface area contributed by atoms with Crippen molar-refractivity contribution in [3.8, 4) is 0 Å². The molecule has 6 atom stereocenters. The van der Waals surface area contributed by atoms with Crippen LogP contribution in [0.15, 0.2) is 35.5 Å². The summed E-state index contributed by atoms with van der Waals surface area (Å²) < 4.78 is 6.20. The predicted molar refractivity (Wildman–Crippen MR) is 118 cm³/mol. The van der Waals surface area contributed by atoms with Gasteiger partial charge in [0.25, 0.3) is 0 Å². The van der Waals surface area contributed by atoms with Gasteiger partial charge in [-0.1, -0.05) is 38.5 Å². The minimum Gasteiger partial charge on any atom is -0.450 e. The fraction of sp³-hybridized carbons (Fsp3) is 0.667. The van der Waals surface area contributed by atoms with E-state index < -0.39 is 5.60 Å². The average molecular weight is 423 g/mol. The number of carbonyl (C=O) groups is 3. The number of hydrogen-bond acceptors (Lipinski definition) is 4. The fourth-order valence-electron chi connectivity index (χ4n) is 7.66. The number of ketones is 2. The summed E-state index contributed by atoms with van der Waals surface area (Å²) in [5.41, 5.74) is 0.453. The summed E-state index contributed by atoms with van der Waals surface area (Å²) in [5, 5.41) is 0. The van der Waals surface area contributed by atoms with Gasteiger partial charge in [0.2, 0.25) is 0 Å². The molecule has 0 N–H and O–H groups in total. The standard InChI is InChI=1S/C27H34O4/c1-16-15-25(3)19(14-23(16)29)8-9-20-21(25)10-12-26(4)22(20)11-13-27(26,17(2)28)31-24(30)18-6-5-7-18/h8-9,14-15,18,20-22H,5-7,10-13H2,1-4H3/t20-,21+,22+,25+,26+,27+/m1/s1. The molecule has 166 valence electrons. The molecule has 31 heavy (non-hydrogen) atoms. The second-order valence-electron chi connectivity index (χ2n) is 11.2. The van der Waals surface area contributed by atoms with Crippen LogP contribution in [0.25, 0.3) is 0 Å². The van der Waals surface area contributed by atoms with Crippen molar-refractivity contribution < 1.29 is 19.1 Å². The van der Waals surface area contributed by atoms with Gasteiger partial charge in [-0.2, -0.15) is 0 Å². The SMILES string of the molecule is CC(=O)[C@@]1(OC(=O)C2CCC2)CC[C@H]2[C@@H]3C=CC4=CC(=O)C(C)=C[C@]4(C)[C@H]3CC[C@@]21C. The van der Waals surface area contributed by atoms with Gasteiger partial charge in [-0.3, -0.25) is 14.4 Å². The summed E-state index contributed by atoms with van der Waals surface area (Å²) in [7, 11) is 0. The Morgan fingerprint density at radius 2 is 1.77 bits per heavy atom. The molecular weight excluding hydrogens is 388 g/mol. The molecule has 0 aromatic rings. The molecule has 0 aliphatic heterocycles. The fourth-order valence-corrected chi connectivity index (χ4v) is 7.66. The first kappa shape index (κ1) is 20.9. The van der Waals surface area contributed by atoms with Crippen molar-refractivity contribution >= 4 is 17.5 Å². The molecule has 3 saturated carbocycles. The molecule has 5 aliphatic rings. The van der Waals surface area contributed by atoms with Crippen LogP contribution in [0.2, 0.25) is 0 Å². The van der Waals surface area contributed by atoms with E-state index in [1.807, 2.05) is 13.0 Å². The highest BCUT2D eigenvalue weighted by Crippen LogP contribution is 2.67. The van der Waals surface area contributed by atoms with E-state index in [0.29, 0.717) is 24.2 Å². The van der Waals surface area contributed by atoms with E-state index in [1.165, 1.54) is 0 Å². The van der Waals surface area contributed by atoms with Crippen molar-refractivity contribution in [1.82, 2.24) is 0 Å². The highest BCUT2D eigenvalue weighted by Gasteiger charge is 2.67. The van der Waals surface area contributed by atoms with Crippen molar-refractivity contribution in [1.29, 1.82) is 0 Å². The Morgan fingerprint density at radius 3 is 2.42 bits per heavy atom. The summed E-state index contributed by atoms with van der Waals surface area (Å²) in [6.07, 6.45) is 14.6. The van der Waals surface area contributed by atoms with Crippen LogP contribution in [0.5, 0.6) is 0 Å². The van der Waals surface area contributed by atoms with E-state index in [2.05, 4.69) is 32.1 Å². The third kappa shape index (κ3) is 2.69. The van der Waals surface area contributed by atoms with Crippen LogP contribution < -0.4 is 0 Å². The number of rotatable bonds is 3. The number of esters is 1. The Morgan fingerprint density at radius 1 is 1.06 bits per heavy atom. The Kier molecular flexibility index (Phi) is 4.56. The van der Waals surface area contributed by atoms with Crippen LogP contribution in [0.3, 0.4) is 0 Å². The van der Waals surface area contributed by atoms with Gasteiger partial charge in [0.05, 0.1) is 5.92 Å². The van der Waals surface area contributed by atoms with Gasteiger partial charge >= 0.3 is 5.97 Å². The van der Waals surface area contributed by atoms with Crippen molar-refractivity contribution in [3.05, 3.63) is 35.5 Å². The van der Waals surface area contributed by atoms with Gasteiger partial charge in [-0.15, -0.1) is 0 Å². The lowest BCUT2D eigenvalue weighted by Crippen LogP contribution is -2.58. The lowest BCUT2D eigenvalue weighted by Gasteiger charge is -2.56. The number of Topliss-reactive ketones (excluding diaryl/α,β-unsaturated/α-hetero) is 1. The zero-order valence-corrected chi connectivity index (χ0v) is 19.2. The van der Waals surface area contributed by atoms with Crippen LogP contribution in [-0.4, -0.2) is 23.1 Å². The normalized spacial score (nSPS) is 43.7.